The molecule has 0 saturated heterocycles. The minimum Gasteiger partial charge on any atom is -0.497 e. The molecule has 0 radical (unpaired) electrons. The Morgan fingerprint density at radius 3 is 2.23 bits per heavy atom. The van der Waals surface area contributed by atoms with Gasteiger partial charge >= 0.3 is 0 Å². The number of anilines is 1. The summed E-state index contributed by atoms with van der Waals surface area (Å²) in [5.74, 6) is 1.05. The molecule has 8 heteroatoms. The van der Waals surface area contributed by atoms with Crippen LogP contribution in [0.3, 0.4) is 0 Å². The first-order chi connectivity index (χ1) is 14.5. The van der Waals surface area contributed by atoms with E-state index in [4.69, 9.17) is 9.47 Å². The monoisotopic (exact) mass is 448 g/mol. The molecular formula is C23H32N2O5S. The standard InChI is InChI=1S/C23H32N2O5S/c1-16(2)13-20(18-8-10-19(29-4)11-9-18)24-23(26)15-25(31(6,27)28)21-14-17(3)7-12-22(21)30-5/h7-12,14,16,20H,13,15H2,1-6H3,(H,24,26). The minimum atomic E-state index is -3.72. The third-order valence-corrected chi connectivity index (χ3v) is 5.98. The second-order valence-electron chi connectivity index (χ2n) is 7.97. The lowest BCUT2D eigenvalue weighted by Gasteiger charge is -2.26. The highest BCUT2D eigenvalue weighted by molar-refractivity contribution is 7.92. The number of nitrogens with zero attached hydrogens (tertiary/aromatic N) is 1. The van der Waals surface area contributed by atoms with E-state index in [2.05, 4.69) is 19.2 Å². The normalized spacial score (nSPS) is 12.4. The van der Waals surface area contributed by atoms with Gasteiger partial charge in [-0.3, -0.25) is 9.10 Å². The van der Waals surface area contributed by atoms with E-state index in [1.807, 2.05) is 37.3 Å². The lowest BCUT2D eigenvalue weighted by molar-refractivity contribution is -0.120. The first-order valence-corrected chi connectivity index (χ1v) is 12.0. The first-order valence-electron chi connectivity index (χ1n) is 10.1. The van der Waals surface area contributed by atoms with Gasteiger partial charge in [-0.1, -0.05) is 32.0 Å². The topological polar surface area (TPSA) is 84.9 Å². The van der Waals surface area contributed by atoms with E-state index in [1.54, 1.807) is 19.2 Å². The largest absolute Gasteiger partial charge is 0.497 e. The fourth-order valence-corrected chi connectivity index (χ4v) is 4.18. The Balaban J connectivity index is 2.30. The summed E-state index contributed by atoms with van der Waals surface area (Å²) in [6.07, 6.45) is 1.79. The lowest BCUT2D eigenvalue weighted by atomic mass is 9.97. The molecule has 2 aromatic rings. The molecule has 2 rings (SSSR count). The van der Waals surface area contributed by atoms with Crippen LogP contribution in [0, 0.1) is 12.8 Å². The maximum atomic E-state index is 13.0. The van der Waals surface area contributed by atoms with Gasteiger partial charge < -0.3 is 14.8 Å². The van der Waals surface area contributed by atoms with Crippen LogP contribution in [0.4, 0.5) is 5.69 Å². The average molecular weight is 449 g/mol. The van der Waals surface area contributed by atoms with Gasteiger partial charge in [-0.05, 0) is 54.7 Å². The Bertz CT molecular complexity index is 988. The Hall–Kier alpha value is -2.74. The molecule has 31 heavy (non-hydrogen) atoms. The minimum absolute atomic E-state index is 0.251. The summed E-state index contributed by atoms with van der Waals surface area (Å²) in [5.41, 5.74) is 2.13. The van der Waals surface area contributed by atoms with E-state index >= 15 is 0 Å². The highest BCUT2D eigenvalue weighted by Gasteiger charge is 2.26. The predicted molar refractivity (Wildman–Crippen MR) is 123 cm³/mol. The maximum absolute atomic E-state index is 13.0. The quantitative estimate of drug-likeness (QED) is 0.599. The number of carbonyl (C=O) groups excluding carboxylic acids is 1. The average Bonchev–Trinajstić information content (AvgIpc) is 2.70. The highest BCUT2D eigenvalue weighted by atomic mass is 32.2. The molecule has 1 atom stereocenters. The molecule has 1 N–H and O–H groups in total. The van der Waals surface area contributed by atoms with Gasteiger partial charge in [0.2, 0.25) is 15.9 Å². The zero-order valence-electron chi connectivity index (χ0n) is 19.0. The van der Waals surface area contributed by atoms with Gasteiger partial charge in [0.25, 0.3) is 0 Å². The number of benzene rings is 2. The summed E-state index contributed by atoms with van der Waals surface area (Å²) in [5, 5.41) is 3.00. The van der Waals surface area contributed by atoms with Gasteiger partial charge in [-0.2, -0.15) is 0 Å². The number of nitrogens with one attached hydrogen (secondary N) is 1. The zero-order chi connectivity index (χ0) is 23.2. The molecule has 2 aromatic carbocycles. The molecule has 1 unspecified atom stereocenters. The molecule has 0 bridgehead atoms. The number of rotatable bonds is 10. The molecule has 0 aromatic heterocycles. The molecule has 0 aliphatic carbocycles. The summed E-state index contributed by atoms with van der Waals surface area (Å²) >= 11 is 0. The lowest BCUT2D eigenvalue weighted by Crippen LogP contribution is -2.42. The Morgan fingerprint density at radius 2 is 1.71 bits per heavy atom. The van der Waals surface area contributed by atoms with Crippen molar-refractivity contribution in [1.82, 2.24) is 5.32 Å². The van der Waals surface area contributed by atoms with Gasteiger partial charge in [0.15, 0.2) is 0 Å². The number of aryl methyl sites for hydroxylation is 1. The molecule has 0 heterocycles. The van der Waals surface area contributed by atoms with Crippen LogP contribution >= 0.6 is 0 Å². The summed E-state index contributed by atoms with van der Waals surface area (Å²) in [4.78, 5) is 13.0. The third kappa shape index (κ3) is 6.89. The van der Waals surface area contributed by atoms with Gasteiger partial charge in [0, 0.05) is 0 Å². The van der Waals surface area contributed by atoms with Crippen LogP contribution in [0.5, 0.6) is 11.5 Å². The van der Waals surface area contributed by atoms with E-state index in [1.165, 1.54) is 7.11 Å². The van der Waals surface area contributed by atoms with E-state index in [0.717, 1.165) is 27.4 Å². The second-order valence-corrected chi connectivity index (χ2v) is 9.87. The number of methoxy groups -OCH3 is 2. The number of carbonyl (C=O) groups is 1. The molecule has 0 aliphatic heterocycles. The van der Waals surface area contributed by atoms with Crippen LogP contribution in [-0.4, -0.2) is 41.3 Å². The molecule has 0 fully saturated rings. The van der Waals surface area contributed by atoms with Crippen molar-refractivity contribution < 1.29 is 22.7 Å². The molecule has 0 spiro atoms. The van der Waals surface area contributed by atoms with Crippen molar-refractivity contribution in [3.63, 3.8) is 0 Å². The zero-order valence-corrected chi connectivity index (χ0v) is 19.8. The summed E-state index contributed by atoms with van der Waals surface area (Å²) in [6.45, 7) is 5.65. The Labute approximate surface area is 185 Å². The van der Waals surface area contributed by atoms with Crippen LogP contribution < -0.4 is 19.1 Å². The van der Waals surface area contributed by atoms with Crippen LogP contribution in [0.1, 0.15) is 37.4 Å². The molecular weight excluding hydrogens is 416 g/mol. The van der Waals surface area contributed by atoms with Crippen molar-refractivity contribution >= 4 is 21.6 Å². The van der Waals surface area contributed by atoms with E-state index in [0.29, 0.717) is 23.8 Å². The maximum Gasteiger partial charge on any atom is 0.241 e. The van der Waals surface area contributed by atoms with Crippen LogP contribution in [0.25, 0.3) is 0 Å². The number of ether oxygens (including phenoxy) is 2. The highest BCUT2D eigenvalue weighted by Crippen LogP contribution is 2.31. The third-order valence-electron chi connectivity index (χ3n) is 4.85. The van der Waals surface area contributed by atoms with Gasteiger partial charge in [0.1, 0.15) is 18.0 Å². The van der Waals surface area contributed by atoms with E-state index < -0.39 is 15.9 Å². The SMILES string of the molecule is COc1ccc(C(CC(C)C)NC(=O)CN(c2cc(C)ccc2OC)S(C)(=O)=O)cc1. The number of hydrogen-bond acceptors (Lipinski definition) is 5. The van der Waals surface area contributed by atoms with E-state index in [9.17, 15) is 13.2 Å². The van der Waals surface area contributed by atoms with Crippen molar-refractivity contribution in [2.24, 2.45) is 5.92 Å². The molecule has 170 valence electrons. The van der Waals surface area contributed by atoms with Crippen molar-refractivity contribution in [1.29, 1.82) is 0 Å². The Kier molecular flexibility index (Phi) is 8.33. The number of sulfonamides is 1. The number of amides is 1. The van der Waals surface area contributed by atoms with Crippen molar-refractivity contribution in [2.45, 2.75) is 33.2 Å². The number of hydrogen-bond donors (Lipinski definition) is 1. The van der Waals surface area contributed by atoms with Crippen molar-refractivity contribution in [3.8, 4) is 11.5 Å². The van der Waals surface area contributed by atoms with Gasteiger partial charge in [-0.25, -0.2) is 8.42 Å². The van der Waals surface area contributed by atoms with E-state index in [-0.39, 0.29) is 12.6 Å². The van der Waals surface area contributed by atoms with Crippen LogP contribution in [0.2, 0.25) is 0 Å². The van der Waals surface area contributed by atoms with Crippen LogP contribution in [-0.2, 0) is 14.8 Å². The molecule has 0 aliphatic rings. The fourth-order valence-electron chi connectivity index (χ4n) is 3.33. The summed E-state index contributed by atoms with van der Waals surface area (Å²) in [6, 6.07) is 12.5. The molecule has 7 nitrogen and oxygen atoms in total. The van der Waals surface area contributed by atoms with Gasteiger partial charge in [-0.15, -0.1) is 0 Å². The first kappa shape index (κ1) is 24.5. The summed E-state index contributed by atoms with van der Waals surface area (Å²) in [7, 11) is -0.651. The molecule has 1 amide bonds. The van der Waals surface area contributed by atoms with Crippen LogP contribution in [0.15, 0.2) is 42.5 Å². The predicted octanol–water partition coefficient (Wildman–Crippen LogP) is 3.68. The van der Waals surface area contributed by atoms with Gasteiger partial charge in [0.05, 0.1) is 32.2 Å². The van der Waals surface area contributed by atoms with Crippen molar-refractivity contribution in [3.05, 3.63) is 53.6 Å². The second kappa shape index (κ2) is 10.5. The fraction of sp³-hybridized carbons (Fsp3) is 0.435. The van der Waals surface area contributed by atoms with Crippen molar-refractivity contribution in [2.75, 3.05) is 31.3 Å². The molecule has 0 saturated carbocycles. The smallest absolute Gasteiger partial charge is 0.241 e. The Morgan fingerprint density at radius 1 is 1.06 bits per heavy atom. The summed E-state index contributed by atoms with van der Waals surface area (Å²) < 4.78 is 36.7.